The molecule has 2 rings (SSSR count). The lowest BCUT2D eigenvalue weighted by Crippen LogP contribution is -2.52. The van der Waals surface area contributed by atoms with Gasteiger partial charge in [0, 0.05) is 31.0 Å². The van der Waals surface area contributed by atoms with Crippen LogP contribution in [0.3, 0.4) is 0 Å². The molecule has 7 nitrogen and oxygen atoms in total. The van der Waals surface area contributed by atoms with E-state index in [0.717, 1.165) is 4.90 Å². The van der Waals surface area contributed by atoms with Gasteiger partial charge in [0.25, 0.3) is 5.91 Å². The summed E-state index contributed by atoms with van der Waals surface area (Å²) in [4.78, 5) is 27.1. The van der Waals surface area contributed by atoms with E-state index in [4.69, 9.17) is 10.5 Å². The van der Waals surface area contributed by atoms with Gasteiger partial charge in [0.1, 0.15) is 12.6 Å². The van der Waals surface area contributed by atoms with Gasteiger partial charge in [-0.05, 0) is 30.2 Å². The summed E-state index contributed by atoms with van der Waals surface area (Å²) in [7, 11) is 0. The minimum Gasteiger partial charge on any atom is -0.370 e. The third-order valence-electron chi connectivity index (χ3n) is 4.38. The Kier molecular flexibility index (Phi) is 8.00. The molecule has 1 heterocycles. The number of rotatable bonds is 8. The zero-order valence-corrected chi connectivity index (χ0v) is 16.5. The van der Waals surface area contributed by atoms with Crippen LogP contribution in [0.1, 0.15) is 13.8 Å². The number of nitrogens with one attached hydrogen (secondary N) is 1. The number of morpholine rings is 1. The van der Waals surface area contributed by atoms with Crippen LogP contribution >= 0.6 is 0 Å². The summed E-state index contributed by atoms with van der Waals surface area (Å²) < 4.78 is 43.9. The van der Waals surface area contributed by atoms with Gasteiger partial charge in [-0.1, -0.05) is 13.8 Å². The molecule has 1 saturated heterocycles. The molecule has 10 heteroatoms. The summed E-state index contributed by atoms with van der Waals surface area (Å²) in [5.74, 6) is -0.829. The first-order chi connectivity index (χ1) is 13.6. The fourth-order valence-corrected chi connectivity index (χ4v) is 3.16. The molecule has 0 bridgehead atoms. The average Bonchev–Trinajstić information content (AvgIpc) is 2.61. The fraction of sp³-hybridized carbons (Fsp3) is 0.579. The van der Waals surface area contributed by atoms with Crippen molar-refractivity contribution in [3.05, 3.63) is 24.3 Å². The van der Waals surface area contributed by atoms with Gasteiger partial charge < -0.3 is 20.7 Å². The Morgan fingerprint density at radius 3 is 2.48 bits per heavy atom. The van der Waals surface area contributed by atoms with E-state index in [1.54, 1.807) is 43.0 Å². The summed E-state index contributed by atoms with van der Waals surface area (Å²) >= 11 is 0. The first kappa shape index (κ1) is 23.1. The molecule has 162 valence electrons. The van der Waals surface area contributed by atoms with Crippen LogP contribution in [0.5, 0.6) is 0 Å². The van der Waals surface area contributed by atoms with Crippen LogP contribution in [0.15, 0.2) is 24.3 Å². The molecule has 2 amide bonds. The van der Waals surface area contributed by atoms with Crippen molar-refractivity contribution in [2.24, 2.45) is 11.7 Å². The quantitative estimate of drug-likeness (QED) is 0.675. The Morgan fingerprint density at radius 1 is 1.31 bits per heavy atom. The van der Waals surface area contributed by atoms with E-state index in [0.29, 0.717) is 24.5 Å². The first-order valence-corrected chi connectivity index (χ1v) is 9.40. The highest BCUT2D eigenvalue weighted by molar-refractivity contribution is 5.97. The fourth-order valence-electron chi connectivity index (χ4n) is 3.16. The lowest BCUT2D eigenvalue weighted by atomic mass is 10.1. The molecule has 0 radical (unpaired) electrons. The number of hydrogen-bond acceptors (Lipinski definition) is 5. The number of nitrogens with zero attached hydrogens (tertiary/aromatic N) is 2. The van der Waals surface area contributed by atoms with Gasteiger partial charge in [0.15, 0.2) is 0 Å². The predicted octanol–water partition coefficient (Wildman–Crippen LogP) is 1.84. The lowest BCUT2D eigenvalue weighted by Gasteiger charge is -2.32. The van der Waals surface area contributed by atoms with Crippen molar-refractivity contribution in [2.45, 2.75) is 26.1 Å². The molecule has 0 unspecified atom stereocenters. The van der Waals surface area contributed by atoms with Crippen LogP contribution < -0.4 is 16.0 Å². The highest BCUT2D eigenvalue weighted by atomic mass is 19.4. The Balaban J connectivity index is 2.08. The highest BCUT2D eigenvalue weighted by Crippen LogP contribution is 2.22. The SMILES string of the molecule is CC(C)CN(CC(F)(F)F)[C@H](CN)C(=O)Nc1ccc(N2CCOCC2=O)cc1. The molecule has 29 heavy (non-hydrogen) atoms. The Labute approximate surface area is 168 Å². The van der Waals surface area contributed by atoms with Crippen LogP contribution in [-0.2, 0) is 14.3 Å². The maximum absolute atomic E-state index is 12.9. The topological polar surface area (TPSA) is 87.9 Å². The van der Waals surface area contributed by atoms with Crippen LogP contribution in [0, 0.1) is 5.92 Å². The van der Waals surface area contributed by atoms with E-state index >= 15 is 0 Å². The lowest BCUT2D eigenvalue weighted by molar-refractivity contribution is -0.154. The molecule has 1 aromatic rings. The molecule has 0 aliphatic carbocycles. The van der Waals surface area contributed by atoms with Crippen molar-refractivity contribution >= 4 is 23.2 Å². The second kappa shape index (κ2) is 10.0. The largest absolute Gasteiger partial charge is 0.401 e. The number of halogens is 3. The van der Waals surface area contributed by atoms with Gasteiger partial charge in [-0.15, -0.1) is 0 Å². The number of carbonyl (C=O) groups is 2. The predicted molar refractivity (Wildman–Crippen MR) is 104 cm³/mol. The summed E-state index contributed by atoms with van der Waals surface area (Å²) in [6.45, 7) is 3.08. The molecule has 1 aliphatic rings. The summed E-state index contributed by atoms with van der Waals surface area (Å²) in [5.41, 5.74) is 6.70. The number of alkyl halides is 3. The molecule has 1 atom stereocenters. The van der Waals surface area contributed by atoms with Crippen molar-refractivity contribution in [3.8, 4) is 0 Å². The molecule has 0 spiro atoms. The van der Waals surface area contributed by atoms with Gasteiger partial charge in [-0.3, -0.25) is 14.5 Å². The number of benzene rings is 1. The number of hydrogen-bond donors (Lipinski definition) is 2. The average molecular weight is 416 g/mol. The zero-order valence-electron chi connectivity index (χ0n) is 16.5. The van der Waals surface area contributed by atoms with Crippen molar-refractivity contribution in [1.82, 2.24) is 4.90 Å². The van der Waals surface area contributed by atoms with Crippen LogP contribution in [0.25, 0.3) is 0 Å². The molecule has 1 aromatic carbocycles. The standard InChI is InChI=1S/C19H27F3N4O3/c1-13(2)10-25(12-19(20,21)22)16(9-23)18(28)24-14-3-5-15(6-4-14)26-7-8-29-11-17(26)27/h3-6,13,16H,7-12,23H2,1-2H3,(H,24,28)/t16-/m1/s1. The molecular formula is C19H27F3N4O3. The van der Waals surface area contributed by atoms with Crippen LogP contribution in [0.2, 0.25) is 0 Å². The maximum atomic E-state index is 12.9. The van der Waals surface area contributed by atoms with E-state index in [1.807, 2.05) is 0 Å². The van der Waals surface area contributed by atoms with Gasteiger partial charge in [-0.2, -0.15) is 13.2 Å². The van der Waals surface area contributed by atoms with Crippen molar-refractivity contribution < 1.29 is 27.5 Å². The van der Waals surface area contributed by atoms with E-state index in [2.05, 4.69) is 5.32 Å². The molecule has 0 saturated carbocycles. The number of carbonyl (C=O) groups excluding carboxylic acids is 2. The zero-order chi connectivity index (χ0) is 21.6. The first-order valence-electron chi connectivity index (χ1n) is 9.40. The van der Waals surface area contributed by atoms with Crippen molar-refractivity contribution in [3.63, 3.8) is 0 Å². The summed E-state index contributed by atoms with van der Waals surface area (Å²) in [6.07, 6.45) is -4.44. The maximum Gasteiger partial charge on any atom is 0.401 e. The Bertz CT molecular complexity index is 695. The third-order valence-corrected chi connectivity index (χ3v) is 4.38. The highest BCUT2D eigenvalue weighted by Gasteiger charge is 2.36. The number of nitrogens with two attached hydrogens (primary N) is 1. The molecule has 1 aliphatic heterocycles. The monoisotopic (exact) mass is 416 g/mol. The second-order valence-electron chi connectivity index (χ2n) is 7.32. The van der Waals surface area contributed by atoms with E-state index < -0.39 is 24.7 Å². The molecule has 1 fully saturated rings. The summed E-state index contributed by atoms with van der Waals surface area (Å²) in [5, 5.41) is 2.62. The molecule has 0 aromatic heterocycles. The van der Waals surface area contributed by atoms with E-state index in [1.165, 1.54) is 0 Å². The number of amides is 2. The number of anilines is 2. The Hall–Kier alpha value is -2.17. The van der Waals surface area contributed by atoms with Crippen LogP contribution in [0.4, 0.5) is 24.5 Å². The smallest absolute Gasteiger partial charge is 0.370 e. The minimum absolute atomic E-state index is 0.0154. The van der Waals surface area contributed by atoms with Gasteiger partial charge >= 0.3 is 6.18 Å². The third kappa shape index (κ3) is 6.98. The summed E-state index contributed by atoms with van der Waals surface area (Å²) in [6, 6.07) is 5.41. The second-order valence-corrected chi connectivity index (χ2v) is 7.32. The van der Waals surface area contributed by atoms with Crippen molar-refractivity contribution in [1.29, 1.82) is 0 Å². The molecular weight excluding hydrogens is 389 g/mol. The molecule has 3 N–H and O–H groups in total. The van der Waals surface area contributed by atoms with E-state index in [-0.39, 0.29) is 31.5 Å². The Morgan fingerprint density at radius 2 is 1.97 bits per heavy atom. The van der Waals surface area contributed by atoms with Crippen LogP contribution in [-0.4, -0.2) is 68.3 Å². The van der Waals surface area contributed by atoms with Gasteiger partial charge in [-0.25, -0.2) is 0 Å². The number of ether oxygens (including phenoxy) is 1. The van der Waals surface area contributed by atoms with E-state index in [9.17, 15) is 22.8 Å². The van der Waals surface area contributed by atoms with Crippen molar-refractivity contribution in [2.75, 3.05) is 49.6 Å². The normalized spacial score (nSPS) is 16.4. The van der Waals surface area contributed by atoms with Gasteiger partial charge in [0.05, 0.1) is 13.2 Å². The minimum atomic E-state index is -4.44. The van der Waals surface area contributed by atoms with Gasteiger partial charge in [0.2, 0.25) is 5.91 Å².